The molecule has 0 aliphatic carbocycles. The number of guanidine groups is 1. The molecule has 7 heteroatoms. The number of hydrogen-bond donors (Lipinski definition) is 2. The smallest absolute Gasteiger partial charge is 0.243 e. The van der Waals surface area contributed by atoms with Gasteiger partial charge in [-0.2, -0.15) is 0 Å². The van der Waals surface area contributed by atoms with Gasteiger partial charge in [-0.25, -0.2) is 9.98 Å². The molecule has 1 aromatic carbocycles. The van der Waals surface area contributed by atoms with Gasteiger partial charge in [-0.15, -0.1) is 11.3 Å². The minimum Gasteiger partial charge on any atom is -0.356 e. The quantitative estimate of drug-likeness (QED) is 0.511. The van der Waals surface area contributed by atoms with E-state index in [4.69, 9.17) is 0 Å². The zero-order chi connectivity index (χ0) is 19.5. The van der Waals surface area contributed by atoms with E-state index in [1.807, 2.05) is 24.4 Å². The number of carbonyl (C=O) groups excluding carboxylic acids is 1. The van der Waals surface area contributed by atoms with Gasteiger partial charge in [0, 0.05) is 44.7 Å². The lowest BCUT2D eigenvalue weighted by Gasteiger charge is -2.13. The Morgan fingerprint density at radius 1 is 1.15 bits per heavy atom. The van der Waals surface area contributed by atoms with Gasteiger partial charge in [-0.05, 0) is 18.4 Å². The maximum Gasteiger partial charge on any atom is 0.243 e. The van der Waals surface area contributed by atoms with Crippen LogP contribution in [-0.2, 0) is 24.1 Å². The van der Waals surface area contributed by atoms with Crippen molar-refractivity contribution < 1.29 is 4.79 Å². The Hall–Kier alpha value is -2.41. The van der Waals surface area contributed by atoms with Crippen LogP contribution >= 0.6 is 11.3 Å². The Morgan fingerprint density at radius 2 is 1.85 bits per heavy atom. The molecule has 146 valence electrons. The first-order valence-corrected chi connectivity index (χ1v) is 10.1. The number of aryl methyl sites for hydroxylation is 1. The summed E-state index contributed by atoms with van der Waals surface area (Å²) in [6, 6.07) is 10.3. The minimum absolute atomic E-state index is 0.0216. The van der Waals surface area contributed by atoms with Gasteiger partial charge in [0.2, 0.25) is 5.91 Å². The highest BCUT2D eigenvalue weighted by molar-refractivity contribution is 7.11. The molecule has 1 heterocycles. The van der Waals surface area contributed by atoms with E-state index in [0.717, 1.165) is 37.4 Å². The predicted octanol–water partition coefficient (Wildman–Crippen LogP) is 2.11. The number of amides is 1. The van der Waals surface area contributed by atoms with Gasteiger partial charge in [-0.1, -0.05) is 37.3 Å². The minimum atomic E-state index is -0.0216. The number of nitrogens with zero attached hydrogens (tertiary/aromatic N) is 3. The molecule has 0 unspecified atom stereocenters. The van der Waals surface area contributed by atoms with Crippen molar-refractivity contribution >= 4 is 23.2 Å². The third kappa shape index (κ3) is 7.78. The van der Waals surface area contributed by atoms with E-state index in [1.54, 1.807) is 30.3 Å². The highest BCUT2D eigenvalue weighted by Gasteiger charge is 2.06. The largest absolute Gasteiger partial charge is 0.356 e. The Labute approximate surface area is 165 Å². The van der Waals surface area contributed by atoms with Crippen molar-refractivity contribution in [1.29, 1.82) is 0 Å². The number of hydrogen-bond acceptors (Lipinski definition) is 4. The molecule has 0 fully saturated rings. The van der Waals surface area contributed by atoms with Crippen LogP contribution in [0.15, 0.2) is 41.5 Å². The van der Waals surface area contributed by atoms with Crippen LogP contribution in [0.5, 0.6) is 0 Å². The Kier molecular flexibility index (Phi) is 8.77. The molecule has 1 aromatic heterocycles. The predicted molar refractivity (Wildman–Crippen MR) is 112 cm³/mol. The highest BCUT2D eigenvalue weighted by atomic mass is 32.1. The van der Waals surface area contributed by atoms with Crippen LogP contribution in [0, 0.1) is 0 Å². The lowest BCUT2D eigenvalue weighted by atomic mass is 10.1. The Balaban J connectivity index is 1.85. The third-order valence-electron chi connectivity index (χ3n) is 4.00. The molecule has 2 rings (SSSR count). The van der Waals surface area contributed by atoms with Crippen LogP contribution in [0.2, 0.25) is 0 Å². The first-order valence-electron chi connectivity index (χ1n) is 9.28. The standard InChI is InChI=1S/C20H29N5OS/c1-4-17-14-23-18(27-17)11-13-22-20(24-15-19(26)25(2)3)21-12-10-16-8-6-5-7-9-16/h5-9,14H,4,10-13,15H2,1-3H3,(H2,21,22,24). The molecular formula is C20H29N5OS. The normalized spacial score (nSPS) is 11.3. The van der Waals surface area contributed by atoms with E-state index >= 15 is 0 Å². The average molecular weight is 388 g/mol. The molecule has 0 atom stereocenters. The van der Waals surface area contributed by atoms with Crippen LogP contribution < -0.4 is 10.6 Å². The SMILES string of the molecule is CCc1cnc(CCNC(=NCC(=O)N(C)C)NCCc2ccccc2)s1. The second-order valence-corrected chi connectivity index (χ2v) is 7.57. The lowest BCUT2D eigenvalue weighted by molar-refractivity contribution is -0.127. The number of rotatable bonds is 9. The fourth-order valence-electron chi connectivity index (χ4n) is 2.35. The molecule has 0 aliphatic heterocycles. The van der Waals surface area contributed by atoms with Gasteiger partial charge in [0.05, 0.1) is 5.01 Å². The van der Waals surface area contributed by atoms with Crippen molar-refractivity contribution in [3.63, 3.8) is 0 Å². The van der Waals surface area contributed by atoms with E-state index in [9.17, 15) is 4.79 Å². The number of aromatic nitrogens is 1. The number of likely N-dealkylation sites (N-methyl/N-ethyl adjacent to an activating group) is 1. The van der Waals surface area contributed by atoms with Gasteiger partial charge in [0.15, 0.2) is 5.96 Å². The van der Waals surface area contributed by atoms with E-state index in [2.05, 4.69) is 39.7 Å². The van der Waals surface area contributed by atoms with E-state index in [-0.39, 0.29) is 12.5 Å². The van der Waals surface area contributed by atoms with Gasteiger partial charge in [0.1, 0.15) is 6.54 Å². The fourth-order valence-corrected chi connectivity index (χ4v) is 3.21. The van der Waals surface area contributed by atoms with Crippen molar-refractivity contribution in [1.82, 2.24) is 20.5 Å². The Bertz CT molecular complexity index is 727. The molecule has 0 aliphatic rings. The third-order valence-corrected chi connectivity index (χ3v) is 5.20. The maximum atomic E-state index is 11.8. The van der Waals surface area contributed by atoms with Crippen molar-refractivity contribution in [3.05, 3.63) is 52.0 Å². The number of nitrogens with one attached hydrogen (secondary N) is 2. The van der Waals surface area contributed by atoms with Crippen molar-refractivity contribution in [2.45, 2.75) is 26.2 Å². The van der Waals surface area contributed by atoms with Gasteiger partial charge in [0.25, 0.3) is 0 Å². The summed E-state index contributed by atoms with van der Waals surface area (Å²) in [5.41, 5.74) is 1.27. The zero-order valence-corrected chi connectivity index (χ0v) is 17.2. The summed E-state index contributed by atoms with van der Waals surface area (Å²) in [4.78, 5) is 23.5. The summed E-state index contributed by atoms with van der Waals surface area (Å²) in [5, 5.41) is 7.75. The molecule has 0 spiro atoms. The summed E-state index contributed by atoms with van der Waals surface area (Å²) in [5.74, 6) is 0.639. The van der Waals surface area contributed by atoms with E-state index in [1.165, 1.54) is 10.4 Å². The molecule has 1 amide bonds. The van der Waals surface area contributed by atoms with Gasteiger partial charge < -0.3 is 15.5 Å². The van der Waals surface area contributed by atoms with E-state index in [0.29, 0.717) is 5.96 Å². The topological polar surface area (TPSA) is 69.6 Å². The van der Waals surface area contributed by atoms with Gasteiger partial charge >= 0.3 is 0 Å². The molecule has 0 saturated carbocycles. The number of thiazole rings is 1. The highest BCUT2D eigenvalue weighted by Crippen LogP contribution is 2.13. The van der Waals surface area contributed by atoms with Crippen LogP contribution in [0.1, 0.15) is 22.4 Å². The van der Waals surface area contributed by atoms with Crippen LogP contribution in [0.25, 0.3) is 0 Å². The maximum absolute atomic E-state index is 11.8. The van der Waals surface area contributed by atoms with Crippen molar-refractivity contribution in [3.8, 4) is 0 Å². The lowest BCUT2D eigenvalue weighted by Crippen LogP contribution is -2.40. The second-order valence-electron chi connectivity index (χ2n) is 6.37. The monoisotopic (exact) mass is 387 g/mol. The summed E-state index contributed by atoms with van der Waals surface area (Å²) in [6.07, 6.45) is 4.70. The molecule has 2 N–H and O–H groups in total. The summed E-state index contributed by atoms with van der Waals surface area (Å²) in [6.45, 7) is 3.75. The van der Waals surface area contributed by atoms with Crippen molar-refractivity contribution in [2.75, 3.05) is 33.7 Å². The number of carbonyl (C=O) groups is 1. The molecular weight excluding hydrogens is 358 g/mol. The molecule has 6 nitrogen and oxygen atoms in total. The molecule has 0 saturated heterocycles. The molecule has 0 bridgehead atoms. The van der Waals surface area contributed by atoms with Crippen LogP contribution in [0.4, 0.5) is 0 Å². The number of aliphatic imine (C=N–C) groups is 1. The summed E-state index contributed by atoms with van der Waals surface area (Å²) >= 11 is 1.75. The molecule has 0 radical (unpaired) electrons. The Morgan fingerprint density at radius 3 is 2.48 bits per heavy atom. The first-order chi connectivity index (χ1) is 13.1. The summed E-state index contributed by atoms with van der Waals surface area (Å²) in [7, 11) is 3.48. The van der Waals surface area contributed by atoms with Gasteiger partial charge in [-0.3, -0.25) is 4.79 Å². The molecule has 2 aromatic rings. The average Bonchev–Trinajstić information content (AvgIpc) is 3.14. The second kappa shape index (κ2) is 11.3. The zero-order valence-electron chi connectivity index (χ0n) is 16.4. The first kappa shape index (κ1) is 20.9. The summed E-state index contributed by atoms with van der Waals surface area (Å²) < 4.78 is 0. The molecule has 27 heavy (non-hydrogen) atoms. The van der Waals surface area contributed by atoms with Crippen LogP contribution in [-0.4, -0.2) is 55.5 Å². The van der Waals surface area contributed by atoms with E-state index < -0.39 is 0 Å². The fraction of sp³-hybridized carbons (Fsp3) is 0.450. The number of benzene rings is 1. The van der Waals surface area contributed by atoms with Crippen molar-refractivity contribution in [2.24, 2.45) is 4.99 Å². The van der Waals surface area contributed by atoms with Crippen LogP contribution in [0.3, 0.4) is 0 Å².